The standard InChI is InChI=1S/C23H22N4O3S/c1-29-18-7-5-16(6-8-18)19-14-20(17-4-3-11-24-15-17)27(26-19)13-12-25-23(28)21-9-10-22(30-2)31-21/h3-11,14-15H,12-13H2,1-2H3,(H,25,28). The summed E-state index contributed by atoms with van der Waals surface area (Å²) in [5, 5.41) is 8.44. The van der Waals surface area contributed by atoms with Crippen molar-refractivity contribution in [1.82, 2.24) is 20.1 Å². The van der Waals surface area contributed by atoms with Gasteiger partial charge in [-0.15, -0.1) is 0 Å². The Balaban J connectivity index is 1.53. The number of amides is 1. The molecule has 0 aliphatic carbocycles. The number of hydrogen-bond acceptors (Lipinski definition) is 6. The first-order chi connectivity index (χ1) is 15.2. The maximum Gasteiger partial charge on any atom is 0.261 e. The van der Waals surface area contributed by atoms with Gasteiger partial charge in [0, 0.05) is 30.1 Å². The van der Waals surface area contributed by atoms with Crippen molar-refractivity contribution < 1.29 is 14.3 Å². The topological polar surface area (TPSA) is 78.3 Å². The second-order valence-corrected chi connectivity index (χ2v) is 7.73. The van der Waals surface area contributed by atoms with Crippen molar-refractivity contribution in [3.63, 3.8) is 0 Å². The molecule has 0 bridgehead atoms. The van der Waals surface area contributed by atoms with Crippen molar-refractivity contribution in [3.8, 4) is 33.3 Å². The Labute approximate surface area is 184 Å². The minimum absolute atomic E-state index is 0.126. The van der Waals surface area contributed by atoms with Gasteiger partial charge in [0.2, 0.25) is 0 Å². The summed E-state index contributed by atoms with van der Waals surface area (Å²) < 4.78 is 12.3. The first-order valence-corrected chi connectivity index (χ1v) is 10.5. The molecule has 31 heavy (non-hydrogen) atoms. The number of nitrogens with zero attached hydrogens (tertiary/aromatic N) is 3. The van der Waals surface area contributed by atoms with E-state index in [4.69, 9.17) is 14.6 Å². The van der Waals surface area contributed by atoms with E-state index >= 15 is 0 Å². The summed E-state index contributed by atoms with van der Waals surface area (Å²) >= 11 is 1.32. The van der Waals surface area contributed by atoms with Gasteiger partial charge in [0.15, 0.2) is 5.06 Å². The molecule has 0 atom stereocenters. The fourth-order valence-electron chi connectivity index (χ4n) is 3.15. The molecule has 0 unspecified atom stereocenters. The van der Waals surface area contributed by atoms with Gasteiger partial charge in [0.1, 0.15) is 5.75 Å². The highest BCUT2D eigenvalue weighted by atomic mass is 32.1. The molecule has 7 nitrogen and oxygen atoms in total. The SMILES string of the molecule is COc1ccc(-c2cc(-c3cccnc3)n(CCNC(=O)c3ccc(OC)s3)n2)cc1. The van der Waals surface area contributed by atoms with Crippen molar-refractivity contribution in [1.29, 1.82) is 0 Å². The predicted molar refractivity (Wildman–Crippen MR) is 121 cm³/mol. The number of nitrogens with one attached hydrogen (secondary N) is 1. The van der Waals surface area contributed by atoms with E-state index < -0.39 is 0 Å². The monoisotopic (exact) mass is 434 g/mol. The lowest BCUT2D eigenvalue weighted by atomic mass is 10.1. The Morgan fingerprint density at radius 3 is 2.58 bits per heavy atom. The van der Waals surface area contributed by atoms with Gasteiger partial charge in [-0.25, -0.2) is 0 Å². The molecule has 1 aromatic carbocycles. The maximum atomic E-state index is 12.4. The van der Waals surface area contributed by atoms with Gasteiger partial charge < -0.3 is 14.8 Å². The lowest BCUT2D eigenvalue weighted by molar-refractivity contribution is 0.0956. The summed E-state index contributed by atoms with van der Waals surface area (Å²) in [7, 11) is 3.23. The lowest BCUT2D eigenvalue weighted by Gasteiger charge is -2.08. The zero-order valence-corrected chi connectivity index (χ0v) is 18.1. The molecular formula is C23H22N4O3S. The van der Waals surface area contributed by atoms with Crippen LogP contribution in [0.1, 0.15) is 9.67 Å². The minimum Gasteiger partial charge on any atom is -0.497 e. The smallest absolute Gasteiger partial charge is 0.261 e. The van der Waals surface area contributed by atoms with E-state index in [-0.39, 0.29) is 5.91 Å². The van der Waals surface area contributed by atoms with Gasteiger partial charge in [-0.3, -0.25) is 14.5 Å². The van der Waals surface area contributed by atoms with Gasteiger partial charge in [-0.1, -0.05) is 11.3 Å². The Hall–Kier alpha value is -3.65. The van der Waals surface area contributed by atoms with Gasteiger partial charge in [0.25, 0.3) is 5.91 Å². The molecule has 0 saturated carbocycles. The van der Waals surface area contributed by atoms with E-state index in [2.05, 4.69) is 10.3 Å². The first kappa shape index (κ1) is 20.6. The molecule has 0 radical (unpaired) electrons. The zero-order chi connectivity index (χ0) is 21.6. The Bertz CT molecular complexity index is 1150. The second-order valence-electron chi connectivity index (χ2n) is 6.69. The van der Waals surface area contributed by atoms with Crippen molar-refractivity contribution in [2.24, 2.45) is 0 Å². The van der Waals surface area contributed by atoms with E-state index in [1.165, 1.54) is 11.3 Å². The van der Waals surface area contributed by atoms with Gasteiger partial charge in [0.05, 0.1) is 37.0 Å². The normalized spacial score (nSPS) is 10.6. The Morgan fingerprint density at radius 1 is 1.06 bits per heavy atom. The molecule has 4 rings (SSSR count). The van der Waals surface area contributed by atoms with Crippen LogP contribution in [0.4, 0.5) is 0 Å². The molecule has 4 aromatic rings. The summed E-state index contributed by atoms with van der Waals surface area (Å²) in [5.74, 6) is 0.669. The van der Waals surface area contributed by atoms with Crippen LogP contribution < -0.4 is 14.8 Å². The summed E-state index contributed by atoms with van der Waals surface area (Å²) in [6.07, 6.45) is 3.55. The minimum atomic E-state index is -0.126. The van der Waals surface area contributed by atoms with Crippen LogP contribution in [0, 0.1) is 0 Å². The van der Waals surface area contributed by atoms with Crippen LogP contribution >= 0.6 is 11.3 Å². The lowest BCUT2D eigenvalue weighted by Crippen LogP contribution is -2.27. The number of benzene rings is 1. The summed E-state index contributed by atoms with van der Waals surface area (Å²) in [4.78, 5) is 17.2. The third kappa shape index (κ3) is 4.75. The van der Waals surface area contributed by atoms with Crippen molar-refractivity contribution in [2.75, 3.05) is 20.8 Å². The molecule has 1 N–H and O–H groups in total. The molecule has 0 aliphatic heterocycles. The molecule has 0 saturated heterocycles. The summed E-state index contributed by atoms with van der Waals surface area (Å²) in [6, 6.07) is 17.2. The van der Waals surface area contributed by atoms with E-state index in [9.17, 15) is 4.79 Å². The van der Waals surface area contributed by atoms with Crippen LogP contribution in [0.15, 0.2) is 67.0 Å². The second kappa shape index (κ2) is 9.44. The number of carbonyl (C=O) groups is 1. The molecule has 158 valence electrons. The van der Waals surface area contributed by atoms with E-state index in [0.29, 0.717) is 23.0 Å². The van der Waals surface area contributed by atoms with Crippen LogP contribution in [0.5, 0.6) is 10.8 Å². The fourth-order valence-corrected chi connectivity index (χ4v) is 3.89. The van der Waals surface area contributed by atoms with Crippen LogP contribution in [0.25, 0.3) is 22.5 Å². The van der Waals surface area contributed by atoms with Gasteiger partial charge in [-0.05, 0) is 54.6 Å². The number of aromatic nitrogens is 3. The van der Waals surface area contributed by atoms with Crippen LogP contribution in [0.2, 0.25) is 0 Å². The number of carbonyl (C=O) groups excluding carboxylic acids is 1. The van der Waals surface area contributed by atoms with Crippen LogP contribution in [-0.4, -0.2) is 41.4 Å². The quantitative estimate of drug-likeness (QED) is 0.451. The van der Waals surface area contributed by atoms with Gasteiger partial charge >= 0.3 is 0 Å². The van der Waals surface area contributed by atoms with E-state index in [0.717, 1.165) is 28.3 Å². The van der Waals surface area contributed by atoms with E-state index in [1.54, 1.807) is 32.5 Å². The molecule has 3 aromatic heterocycles. The molecule has 1 amide bonds. The summed E-state index contributed by atoms with van der Waals surface area (Å²) in [6.45, 7) is 0.963. The van der Waals surface area contributed by atoms with Crippen LogP contribution in [-0.2, 0) is 6.54 Å². The molecule has 0 spiro atoms. The highest BCUT2D eigenvalue weighted by molar-refractivity contribution is 7.15. The largest absolute Gasteiger partial charge is 0.497 e. The highest BCUT2D eigenvalue weighted by Crippen LogP contribution is 2.27. The Kier molecular flexibility index (Phi) is 6.28. The van der Waals surface area contributed by atoms with Crippen LogP contribution in [0.3, 0.4) is 0 Å². The fraction of sp³-hybridized carbons (Fsp3) is 0.174. The average molecular weight is 435 g/mol. The van der Waals surface area contributed by atoms with Crippen molar-refractivity contribution in [3.05, 3.63) is 71.9 Å². The number of rotatable bonds is 8. The van der Waals surface area contributed by atoms with Crippen molar-refractivity contribution in [2.45, 2.75) is 6.54 Å². The number of methoxy groups -OCH3 is 2. The van der Waals surface area contributed by atoms with E-state index in [1.807, 2.05) is 53.3 Å². The number of pyridine rings is 1. The molecule has 0 fully saturated rings. The molecular weight excluding hydrogens is 412 g/mol. The summed E-state index contributed by atoms with van der Waals surface area (Å²) in [5.41, 5.74) is 3.73. The Morgan fingerprint density at radius 2 is 1.90 bits per heavy atom. The maximum absolute atomic E-state index is 12.4. The third-order valence-corrected chi connectivity index (χ3v) is 5.78. The highest BCUT2D eigenvalue weighted by Gasteiger charge is 2.13. The molecule has 0 aliphatic rings. The predicted octanol–water partition coefficient (Wildman–Crippen LogP) is 4.12. The third-order valence-electron chi connectivity index (χ3n) is 4.74. The number of hydrogen-bond donors (Lipinski definition) is 1. The zero-order valence-electron chi connectivity index (χ0n) is 17.2. The number of ether oxygens (including phenoxy) is 2. The van der Waals surface area contributed by atoms with Crippen molar-refractivity contribution >= 4 is 17.2 Å². The molecule has 3 heterocycles. The van der Waals surface area contributed by atoms with Gasteiger partial charge in [-0.2, -0.15) is 5.10 Å². The molecule has 8 heteroatoms. The average Bonchev–Trinajstić information content (AvgIpc) is 3.47. The number of thiophene rings is 1. The first-order valence-electron chi connectivity index (χ1n) is 9.72.